The molecular formula is C16H18ClN5O3. The molecule has 0 unspecified atom stereocenters. The molecule has 0 saturated heterocycles. The molecule has 1 aromatic carbocycles. The first-order valence-corrected chi connectivity index (χ1v) is 7.94. The summed E-state index contributed by atoms with van der Waals surface area (Å²) in [6.07, 6.45) is 0.325. The largest absolute Gasteiger partial charge is 0.465 e. The van der Waals surface area contributed by atoms with Crippen molar-refractivity contribution >= 4 is 35.0 Å². The first kappa shape index (κ1) is 17.0. The number of hydrogen-bond acceptors (Lipinski definition) is 5. The van der Waals surface area contributed by atoms with Crippen LogP contribution in [0.15, 0.2) is 35.7 Å². The van der Waals surface area contributed by atoms with Crippen LogP contribution in [0.4, 0.5) is 10.5 Å². The maximum atomic E-state index is 12.1. The van der Waals surface area contributed by atoms with Crippen molar-refractivity contribution < 1.29 is 14.7 Å². The van der Waals surface area contributed by atoms with Crippen molar-refractivity contribution in [1.29, 1.82) is 0 Å². The second kappa shape index (κ2) is 6.21. The Kier molecular flexibility index (Phi) is 4.22. The number of nitrogens with zero attached hydrogens (tertiary/aromatic N) is 3. The number of rotatable bonds is 3. The summed E-state index contributed by atoms with van der Waals surface area (Å²) in [4.78, 5) is 26.3. The Labute approximate surface area is 149 Å². The number of halogens is 1. The molecule has 132 valence electrons. The molecule has 4 N–H and O–H groups in total. The number of fused-ring (bicyclic) bond motifs is 1. The van der Waals surface area contributed by atoms with Crippen molar-refractivity contribution in [2.75, 3.05) is 32.1 Å². The Bertz CT molecular complexity index is 818. The molecule has 0 bridgehead atoms. The van der Waals surface area contributed by atoms with E-state index in [9.17, 15) is 14.7 Å². The highest BCUT2D eigenvalue weighted by atomic mass is 35.5. The predicted octanol–water partition coefficient (Wildman–Crippen LogP) is 1.26. The molecule has 0 saturated carbocycles. The molecule has 8 nitrogen and oxygen atoms in total. The summed E-state index contributed by atoms with van der Waals surface area (Å²) < 4.78 is 0. The number of carbonyl (C=O) groups excluding carboxylic acids is 1. The molecular weight excluding hydrogens is 346 g/mol. The fraction of sp³-hybridized carbons (Fsp3) is 0.250. The van der Waals surface area contributed by atoms with E-state index in [0.717, 1.165) is 10.6 Å². The van der Waals surface area contributed by atoms with Crippen LogP contribution in [0.3, 0.4) is 0 Å². The van der Waals surface area contributed by atoms with Crippen LogP contribution in [0.5, 0.6) is 0 Å². The van der Waals surface area contributed by atoms with Gasteiger partial charge in [0.1, 0.15) is 0 Å². The zero-order valence-electron chi connectivity index (χ0n) is 13.8. The number of hydrogen-bond donors (Lipinski definition) is 3. The summed E-state index contributed by atoms with van der Waals surface area (Å²) in [5, 5.41) is 11.4. The maximum absolute atomic E-state index is 12.1. The Morgan fingerprint density at radius 3 is 2.60 bits per heavy atom. The Balaban J connectivity index is 2.13. The molecule has 0 aromatic heterocycles. The lowest BCUT2D eigenvalue weighted by atomic mass is 10.0. The second-order valence-corrected chi connectivity index (χ2v) is 6.40. The third-order valence-corrected chi connectivity index (χ3v) is 4.28. The summed E-state index contributed by atoms with van der Waals surface area (Å²) in [5.41, 5.74) is 11.5. The normalized spacial score (nSPS) is 16.4. The fourth-order valence-electron chi connectivity index (χ4n) is 2.83. The van der Waals surface area contributed by atoms with E-state index in [0.29, 0.717) is 28.5 Å². The van der Waals surface area contributed by atoms with Gasteiger partial charge in [0, 0.05) is 43.1 Å². The van der Waals surface area contributed by atoms with E-state index >= 15 is 0 Å². The van der Waals surface area contributed by atoms with Crippen LogP contribution in [-0.4, -0.2) is 54.2 Å². The summed E-state index contributed by atoms with van der Waals surface area (Å²) in [7, 11) is 3.77. The number of anilines is 1. The van der Waals surface area contributed by atoms with Crippen LogP contribution in [0, 0.1) is 0 Å². The monoisotopic (exact) mass is 363 g/mol. The average molecular weight is 364 g/mol. The Morgan fingerprint density at radius 1 is 1.28 bits per heavy atom. The maximum Gasteiger partial charge on any atom is 0.411 e. The van der Waals surface area contributed by atoms with Crippen LogP contribution < -0.4 is 16.1 Å². The van der Waals surface area contributed by atoms with Gasteiger partial charge in [-0.05, 0) is 18.2 Å². The molecule has 0 radical (unpaired) electrons. The molecule has 2 amide bonds. The Morgan fingerprint density at radius 2 is 2.00 bits per heavy atom. The van der Waals surface area contributed by atoms with Gasteiger partial charge < -0.3 is 15.7 Å². The molecule has 9 heteroatoms. The van der Waals surface area contributed by atoms with Gasteiger partial charge in [-0.2, -0.15) is 0 Å². The van der Waals surface area contributed by atoms with Gasteiger partial charge in [-0.1, -0.05) is 11.6 Å². The molecule has 2 aliphatic rings. The third-order valence-electron chi connectivity index (χ3n) is 4.07. The number of nitrogens with two attached hydrogens (primary N) is 1. The lowest BCUT2D eigenvalue weighted by Crippen LogP contribution is -2.43. The van der Waals surface area contributed by atoms with Gasteiger partial charge in [-0.25, -0.2) is 4.79 Å². The highest BCUT2D eigenvalue weighted by Crippen LogP contribution is 2.34. The zero-order valence-corrected chi connectivity index (χ0v) is 14.5. The van der Waals surface area contributed by atoms with Crippen molar-refractivity contribution in [3.05, 3.63) is 46.3 Å². The van der Waals surface area contributed by atoms with Gasteiger partial charge in [-0.15, -0.1) is 0 Å². The minimum absolute atomic E-state index is 0.234. The number of nitrogens with one attached hydrogen (secondary N) is 1. The minimum Gasteiger partial charge on any atom is -0.465 e. The minimum atomic E-state index is -1.08. The number of hydrazine groups is 1. The highest BCUT2D eigenvalue weighted by molar-refractivity contribution is 6.31. The lowest BCUT2D eigenvalue weighted by Gasteiger charge is -2.30. The van der Waals surface area contributed by atoms with Gasteiger partial charge >= 0.3 is 6.09 Å². The summed E-state index contributed by atoms with van der Waals surface area (Å²) in [6, 6.07) is 5.42. The van der Waals surface area contributed by atoms with Crippen molar-refractivity contribution in [2.45, 2.75) is 0 Å². The van der Waals surface area contributed by atoms with Crippen LogP contribution >= 0.6 is 11.6 Å². The van der Waals surface area contributed by atoms with E-state index in [1.165, 1.54) is 6.20 Å². The van der Waals surface area contributed by atoms with Gasteiger partial charge in [0.2, 0.25) is 0 Å². The number of amides is 2. The second-order valence-electron chi connectivity index (χ2n) is 5.96. The SMILES string of the molecule is CN(C)c1cc(Cl)cc(C2=C(C(N)=O)C3=CN(C(=O)O)CCN3N2)c1. The topological polar surface area (TPSA) is 102 Å². The molecule has 1 aromatic rings. The van der Waals surface area contributed by atoms with Crippen molar-refractivity contribution in [3.8, 4) is 0 Å². The molecule has 2 aliphatic heterocycles. The van der Waals surface area contributed by atoms with E-state index < -0.39 is 12.0 Å². The quantitative estimate of drug-likeness (QED) is 0.747. The zero-order chi connectivity index (χ0) is 18.3. The fourth-order valence-corrected chi connectivity index (χ4v) is 3.06. The molecule has 0 fully saturated rings. The molecule has 2 heterocycles. The molecule has 0 atom stereocenters. The lowest BCUT2D eigenvalue weighted by molar-refractivity contribution is -0.114. The first-order valence-electron chi connectivity index (χ1n) is 7.56. The predicted molar refractivity (Wildman–Crippen MR) is 94.5 cm³/mol. The summed E-state index contributed by atoms with van der Waals surface area (Å²) in [5.74, 6) is -0.644. The van der Waals surface area contributed by atoms with Crippen LogP contribution in [0.25, 0.3) is 5.70 Å². The van der Waals surface area contributed by atoms with Crippen molar-refractivity contribution in [1.82, 2.24) is 15.3 Å². The van der Waals surface area contributed by atoms with E-state index in [2.05, 4.69) is 5.43 Å². The average Bonchev–Trinajstić information content (AvgIpc) is 2.92. The standard InChI is InChI=1S/C16H18ClN5O3/c1-20(2)11-6-9(5-10(17)7-11)14-13(15(18)23)12-8-21(16(24)25)3-4-22(12)19-14/h5-8,19H,3-4H2,1-2H3,(H2,18,23)(H,24,25). The smallest absolute Gasteiger partial charge is 0.411 e. The van der Waals surface area contributed by atoms with Gasteiger partial charge in [0.15, 0.2) is 0 Å². The van der Waals surface area contributed by atoms with Gasteiger partial charge in [-0.3, -0.25) is 20.1 Å². The van der Waals surface area contributed by atoms with E-state index in [4.69, 9.17) is 17.3 Å². The van der Waals surface area contributed by atoms with Crippen LogP contribution in [-0.2, 0) is 4.79 Å². The van der Waals surface area contributed by atoms with E-state index in [-0.39, 0.29) is 12.1 Å². The third kappa shape index (κ3) is 3.08. The van der Waals surface area contributed by atoms with Gasteiger partial charge in [0.05, 0.1) is 23.5 Å². The van der Waals surface area contributed by atoms with Crippen LogP contribution in [0.2, 0.25) is 5.02 Å². The van der Waals surface area contributed by atoms with Crippen molar-refractivity contribution in [3.63, 3.8) is 0 Å². The van der Waals surface area contributed by atoms with Gasteiger partial charge in [0.25, 0.3) is 5.91 Å². The molecule has 3 rings (SSSR count). The van der Waals surface area contributed by atoms with E-state index in [1.807, 2.05) is 31.1 Å². The number of primary amides is 1. The summed E-state index contributed by atoms with van der Waals surface area (Å²) >= 11 is 6.21. The van der Waals surface area contributed by atoms with Crippen LogP contribution in [0.1, 0.15) is 5.56 Å². The summed E-state index contributed by atoms with van der Waals surface area (Å²) in [6.45, 7) is 0.670. The molecule has 0 spiro atoms. The first-order chi connectivity index (χ1) is 11.8. The van der Waals surface area contributed by atoms with E-state index in [1.54, 1.807) is 11.1 Å². The number of carbonyl (C=O) groups is 2. The highest BCUT2D eigenvalue weighted by Gasteiger charge is 2.35. The van der Waals surface area contributed by atoms with Crippen molar-refractivity contribution in [2.24, 2.45) is 5.73 Å². The molecule has 0 aliphatic carbocycles. The number of benzene rings is 1. The Hall–Kier alpha value is -2.87. The number of carboxylic acid groups (broad SMARTS) is 1. The molecule has 25 heavy (non-hydrogen) atoms.